The van der Waals surface area contributed by atoms with E-state index in [0.29, 0.717) is 29.6 Å². The minimum absolute atomic E-state index is 0.0611. The van der Waals surface area contributed by atoms with Gasteiger partial charge in [0.1, 0.15) is 6.61 Å². The first-order chi connectivity index (χ1) is 9.52. The van der Waals surface area contributed by atoms with Gasteiger partial charge in [0.05, 0.1) is 23.9 Å². The van der Waals surface area contributed by atoms with E-state index in [2.05, 4.69) is 10.6 Å². The second-order valence-corrected chi connectivity index (χ2v) is 4.38. The molecule has 0 fully saturated rings. The lowest BCUT2D eigenvalue weighted by Crippen LogP contribution is -2.19. The molecule has 0 saturated heterocycles. The van der Waals surface area contributed by atoms with Crippen molar-refractivity contribution >= 4 is 34.8 Å². The maximum absolute atomic E-state index is 11.6. The highest BCUT2D eigenvalue weighted by atomic mass is 35.5. The van der Waals surface area contributed by atoms with Gasteiger partial charge in [0.2, 0.25) is 11.8 Å². The zero-order valence-corrected chi connectivity index (χ0v) is 12.1. The number of carbonyl (C=O) groups is 2. The molecule has 0 bridgehead atoms. The van der Waals surface area contributed by atoms with Gasteiger partial charge >= 0.3 is 0 Å². The van der Waals surface area contributed by atoms with E-state index in [4.69, 9.17) is 21.1 Å². The molecule has 0 aliphatic rings. The van der Waals surface area contributed by atoms with Crippen molar-refractivity contribution in [3.63, 3.8) is 0 Å². The van der Waals surface area contributed by atoms with E-state index in [1.807, 2.05) is 0 Å². The summed E-state index contributed by atoms with van der Waals surface area (Å²) in [7, 11) is 1.56. The molecule has 1 aromatic rings. The number of benzene rings is 1. The number of methoxy groups -OCH3 is 1. The van der Waals surface area contributed by atoms with Crippen LogP contribution in [0.1, 0.15) is 6.92 Å². The molecule has 2 N–H and O–H groups in total. The maximum atomic E-state index is 11.6. The van der Waals surface area contributed by atoms with Crippen LogP contribution < -0.4 is 10.6 Å². The number of halogens is 1. The number of rotatable bonds is 7. The van der Waals surface area contributed by atoms with E-state index < -0.39 is 0 Å². The molecular formula is C13H17ClN2O4. The van der Waals surface area contributed by atoms with Crippen LogP contribution in [0.25, 0.3) is 0 Å². The second kappa shape index (κ2) is 8.52. The molecule has 7 heteroatoms. The van der Waals surface area contributed by atoms with Crippen molar-refractivity contribution < 1.29 is 19.1 Å². The zero-order chi connectivity index (χ0) is 15.0. The van der Waals surface area contributed by atoms with Gasteiger partial charge in [-0.05, 0) is 18.2 Å². The highest BCUT2D eigenvalue weighted by Crippen LogP contribution is 2.25. The molecule has 110 valence electrons. The smallest absolute Gasteiger partial charge is 0.250 e. The standard InChI is InChI=1S/C13H17ClN2O4/c1-9(17)15-12-4-3-10(7-11(12)14)16-13(18)8-20-6-5-19-2/h3-4,7H,5-6,8H2,1-2H3,(H,15,17)(H,16,18). The molecule has 6 nitrogen and oxygen atoms in total. The lowest BCUT2D eigenvalue weighted by atomic mass is 10.2. The number of anilines is 2. The monoisotopic (exact) mass is 300 g/mol. The van der Waals surface area contributed by atoms with E-state index in [0.717, 1.165) is 0 Å². The second-order valence-electron chi connectivity index (χ2n) is 3.97. The zero-order valence-electron chi connectivity index (χ0n) is 11.4. The van der Waals surface area contributed by atoms with Crippen LogP contribution in [-0.4, -0.2) is 38.7 Å². The van der Waals surface area contributed by atoms with Gasteiger partial charge in [-0.25, -0.2) is 0 Å². The van der Waals surface area contributed by atoms with Crippen molar-refractivity contribution in [2.45, 2.75) is 6.92 Å². The van der Waals surface area contributed by atoms with Gasteiger partial charge in [0.15, 0.2) is 0 Å². The number of nitrogens with one attached hydrogen (secondary N) is 2. The largest absolute Gasteiger partial charge is 0.382 e. The molecule has 0 radical (unpaired) electrons. The summed E-state index contributed by atoms with van der Waals surface area (Å²) in [6, 6.07) is 4.81. The highest BCUT2D eigenvalue weighted by Gasteiger charge is 2.06. The molecule has 0 spiro atoms. The summed E-state index contributed by atoms with van der Waals surface area (Å²) in [6.45, 7) is 2.12. The van der Waals surface area contributed by atoms with E-state index in [9.17, 15) is 9.59 Å². The SMILES string of the molecule is COCCOCC(=O)Nc1ccc(NC(C)=O)c(Cl)c1. The Labute approximate surface area is 122 Å². The summed E-state index contributed by atoms with van der Waals surface area (Å²) in [6.07, 6.45) is 0. The fraction of sp³-hybridized carbons (Fsp3) is 0.385. The van der Waals surface area contributed by atoms with Crippen LogP contribution in [0.2, 0.25) is 5.02 Å². The number of amides is 2. The Balaban J connectivity index is 2.50. The average molecular weight is 301 g/mol. The third-order valence-electron chi connectivity index (χ3n) is 2.23. The molecule has 0 atom stereocenters. The average Bonchev–Trinajstić information content (AvgIpc) is 2.37. The minimum Gasteiger partial charge on any atom is -0.382 e. The van der Waals surface area contributed by atoms with Crippen LogP contribution in [0.5, 0.6) is 0 Å². The van der Waals surface area contributed by atoms with Crippen molar-refractivity contribution in [2.24, 2.45) is 0 Å². The molecule has 20 heavy (non-hydrogen) atoms. The molecule has 0 aromatic heterocycles. The Hall–Kier alpha value is -1.63. The minimum atomic E-state index is -0.288. The Morgan fingerprint density at radius 2 is 2.00 bits per heavy atom. The van der Waals surface area contributed by atoms with Gasteiger partial charge < -0.3 is 20.1 Å². The van der Waals surface area contributed by atoms with Gasteiger partial charge in [-0.1, -0.05) is 11.6 Å². The molecule has 0 heterocycles. The summed E-state index contributed by atoms with van der Waals surface area (Å²) < 4.78 is 9.88. The number of ether oxygens (including phenoxy) is 2. The lowest BCUT2D eigenvalue weighted by molar-refractivity contribution is -0.121. The Morgan fingerprint density at radius 1 is 1.25 bits per heavy atom. The Kier molecular flexibility index (Phi) is 7.00. The van der Waals surface area contributed by atoms with Crippen molar-refractivity contribution in [1.82, 2.24) is 0 Å². The fourth-order valence-electron chi connectivity index (χ4n) is 1.39. The summed E-state index contributed by atoms with van der Waals surface area (Å²) in [5.74, 6) is -0.500. The van der Waals surface area contributed by atoms with Gasteiger partial charge in [-0.15, -0.1) is 0 Å². The third-order valence-corrected chi connectivity index (χ3v) is 2.54. The van der Waals surface area contributed by atoms with E-state index in [1.165, 1.54) is 6.92 Å². The predicted octanol–water partition coefficient (Wildman–Crippen LogP) is 1.90. The van der Waals surface area contributed by atoms with E-state index >= 15 is 0 Å². The topological polar surface area (TPSA) is 76.7 Å². The molecular weight excluding hydrogens is 284 g/mol. The molecule has 2 amide bonds. The highest BCUT2D eigenvalue weighted by molar-refractivity contribution is 6.34. The number of hydrogen-bond acceptors (Lipinski definition) is 4. The van der Waals surface area contributed by atoms with Crippen LogP contribution in [0.3, 0.4) is 0 Å². The normalized spacial score (nSPS) is 10.2. The molecule has 1 aromatic carbocycles. The Morgan fingerprint density at radius 3 is 2.60 bits per heavy atom. The fourth-order valence-corrected chi connectivity index (χ4v) is 1.62. The summed E-state index contributed by atoms with van der Waals surface area (Å²) in [5.41, 5.74) is 1.03. The predicted molar refractivity (Wildman–Crippen MR) is 77.1 cm³/mol. The van der Waals surface area contributed by atoms with Crippen LogP contribution in [0, 0.1) is 0 Å². The van der Waals surface area contributed by atoms with Crippen LogP contribution >= 0.6 is 11.6 Å². The first-order valence-electron chi connectivity index (χ1n) is 5.96. The van der Waals surface area contributed by atoms with E-state index in [-0.39, 0.29) is 18.4 Å². The van der Waals surface area contributed by atoms with Crippen LogP contribution in [-0.2, 0) is 19.1 Å². The maximum Gasteiger partial charge on any atom is 0.250 e. The lowest BCUT2D eigenvalue weighted by Gasteiger charge is -2.09. The first-order valence-corrected chi connectivity index (χ1v) is 6.34. The summed E-state index contributed by atoms with van der Waals surface area (Å²) in [5, 5.41) is 5.56. The quantitative estimate of drug-likeness (QED) is 0.754. The summed E-state index contributed by atoms with van der Waals surface area (Å²) >= 11 is 5.99. The van der Waals surface area contributed by atoms with Gasteiger partial charge in [-0.2, -0.15) is 0 Å². The third kappa shape index (κ3) is 6.01. The molecule has 1 rings (SSSR count). The van der Waals surface area contributed by atoms with Gasteiger partial charge in [0.25, 0.3) is 0 Å². The Bertz CT molecular complexity index is 479. The molecule has 0 saturated carbocycles. The molecule has 0 aliphatic carbocycles. The van der Waals surface area contributed by atoms with Crippen molar-refractivity contribution in [3.8, 4) is 0 Å². The van der Waals surface area contributed by atoms with Gasteiger partial charge in [-0.3, -0.25) is 9.59 Å². The summed E-state index contributed by atoms with van der Waals surface area (Å²) in [4.78, 5) is 22.5. The van der Waals surface area contributed by atoms with Crippen molar-refractivity contribution in [3.05, 3.63) is 23.2 Å². The van der Waals surface area contributed by atoms with Crippen molar-refractivity contribution in [1.29, 1.82) is 0 Å². The van der Waals surface area contributed by atoms with Crippen LogP contribution in [0.15, 0.2) is 18.2 Å². The molecule has 0 aliphatic heterocycles. The van der Waals surface area contributed by atoms with Crippen molar-refractivity contribution in [2.75, 3.05) is 37.6 Å². The number of carbonyl (C=O) groups excluding carboxylic acids is 2. The van der Waals surface area contributed by atoms with Crippen LogP contribution in [0.4, 0.5) is 11.4 Å². The van der Waals surface area contributed by atoms with Gasteiger partial charge in [0, 0.05) is 19.7 Å². The number of hydrogen-bond donors (Lipinski definition) is 2. The first kappa shape index (κ1) is 16.4. The van der Waals surface area contributed by atoms with E-state index in [1.54, 1.807) is 25.3 Å². The molecule has 0 unspecified atom stereocenters.